The van der Waals surface area contributed by atoms with Crippen molar-refractivity contribution in [3.63, 3.8) is 0 Å². The smallest absolute Gasteiger partial charge is 0.228 e. The first kappa shape index (κ1) is 18.1. The summed E-state index contributed by atoms with van der Waals surface area (Å²) in [5, 5.41) is 3.74. The van der Waals surface area contributed by atoms with Gasteiger partial charge in [-0.15, -0.1) is 0 Å². The number of hydrogen-bond acceptors (Lipinski definition) is 8. The fourth-order valence-corrected chi connectivity index (χ4v) is 2.26. The number of hydrogen-bond donors (Lipinski definition) is 2. The highest BCUT2D eigenvalue weighted by Gasteiger charge is 2.08. The molecule has 1 unspecified atom stereocenters. The van der Waals surface area contributed by atoms with Crippen LogP contribution in [-0.2, 0) is 0 Å². The third-order valence-electron chi connectivity index (χ3n) is 2.89. The van der Waals surface area contributed by atoms with Crippen molar-refractivity contribution >= 4 is 23.7 Å². The molecule has 0 saturated heterocycles. The molecule has 0 fully saturated rings. The first-order valence-corrected chi connectivity index (χ1v) is 8.90. The van der Waals surface area contributed by atoms with Gasteiger partial charge in [0.05, 0.1) is 12.1 Å². The van der Waals surface area contributed by atoms with Crippen LogP contribution >= 0.6 is 11.8 Å². The summed E-state index contributed by atoms with van der Waals surface area (Å²) in [5.74, 6) is 2.25. The van der Waals surface area contributed by atoms with Gasteiger partial charge in [0, 0.05) is 0 Å². The summed E-state index contributed by atoms with van der Waals surface area (Å²) in [7, 11) is 0. The number of thioether (sulfide) groups is 1. The second kappa shape index (κ2) is 8.58. The summed E-state index contributed by atoms with van der Waals surface area (Å²) < 4.78 is 11.4. The van der Waals surface area contributed by atoms with E-state index in [-0.39, 0.29) is 18.1 Å². The Morgan fingerprint density at radius 1 is 1.08 bits per heavy atom. The molecule has 1 heterocycles. The van der Waals surface area contributed by atoms with E-state index < -0.39 is 0 Å². The molecule has 0 bridgehead atoms. The lowest BCUT2D eigenvalue weighted by atomic mass is 10.3. The number of aromatic nitrogens is 3. The molecule has 0 saturated carbocycles. The molecule has 0 radical (unpaired) electrons. The van der Waals surface area contributed by atoms with E-state index in [4.69, 9.17) is 15.2 Å². The highest BCUT2D eigenvalue weighted by molar-refractivity contribution is 7.98. The van der Waals surface area contributed by atoms with Gasteiger partial charge in [0.2, 0.25) is 11.9 Å². The molecule has 3 N–H and O–H groups in total. The fraction of sp³-hybridized carbons (Fsp3) is 0.438. The molecule has 2 rings (SSSR count). The molecule has 1 atom stereocenters. The number of ether oxygens (including phenoxy) is 2. The van der Waals surface area contributed by atoms with Gasteiger partial charge < -0.3 is 20.5 Å². The maximum atomic E-state index is 5.76. The molecular weight excluding hydrogens is 326 g/mol. The summed E-state index contributed by atoms with van der Waals surface area (Å²) in [6, 6.07) is 7.57. The second-order valence-electron chi connectivity index (χ2n) is 5.50. The SMILES string of the molecule is CSc1nc(N)nc(NC(C)COc2ccc(OC(C)C)cc2)n1. The van der Waals surface area contributed by atoms with Crippen LogP contribution in [0.25, 0.3) is 0 Å². The van der Waals surface area contributed by atoms with Crippen LogP contribution in [0.1, 0.15) is 20.8 Å². The van der Waals surface area contributed by atoms with E-state index in [2.05, 4.69) is 20.3 Å². The zero-order valence-corrected chi connectivity index (χ0v) is 15.1. The maximum absolute atomic E-state index is 5.76. The maximum Gasteiger partial charge on any atom is 0.228 e. The van der Waals surface area contributed by atoms with Crippen LogP contribution in [0.15, 0.2) is 29.4 Å². The molecule has 2 aromatic rings. The summed E-state index contributed by atoms with van der Waals surface area (Å²) in [5.41, 5.74) is 5.67. The van der Waals surface area contributed by atoms with Gasteiger partial charge in [-0.25, -0.2) is 0 Å². The van der Waals surface area contributed by atoms with Crippen LogP contribution in [0.3, 0.4) is 0 Å². The molecule has 7 nitrogen and oxygen atoms in total. The Labute approximate surface area is 146 Å². The van der Waals surface area contributed by atoms with Gasteiger partial charge >= 0.3 is 0 Å². The fourth-order valence-electron chi connectivity index (χ4n) is 1.90. The minimum absolute atomic E-state index is 0.00750. The van der Waals surface area contributed by atoms with E-state index in [1.165, 1.54) is 11.8 Å². The lowest BCUT2D eigenvalue weighted by Crippen LogP contribution is -2.25. The topological polar surface area (TPSA) is 95.2 Å². The average Bonchev–Trinajstić information content (AvgIpc) is 2.53. The van der Waals surface area contributed by atoms with E-state index in [0.29, 0.717) is 17.7 Å². The standard InChI is InChI=1S/C16H23N5O2S/c1-10(2)23-13-7-5-12(6-8-13)22-9-11(3)18-15-19-14(17)20-16(21-15)24-4/h5-8,10-11H,9H2,1-4H3,(H3,17,18,19,20,21). The number of nitrogens with two attached hydrogens (primary N) is 1. The van der Waals surface area contributed by atoms with Crippen LogP contribution in [-0.4, -0.2) is 40.0 Å². The van der Waals surface area contributed by atoms with E-state index in [9.17, 15) is 0 Å². The van der Waals surface area contributed by atoms with Crippen molar-refractivity contribution in [3.05, 3.63) is 24.3 Å². The average molecular weight is 349 g/mol. The molecule has 24 heavy (non-hydrogen) atoms. The predicted molar refractivity (Wildman–Crippen MR) is 96.8 cm³/mol. The lowest BCUT2D eigenvalue weighted by Gasteiger charge is -2.16. The Morgan fingerprint density at radius 2 is 1.75 bits per heavy atom. The van der Waals surface area contributed by atoms with Gasteiger partial charge in [-0.2, -0.15) is 15.0 Å². The number of benzene rings is 1. The number of nitrogen functional groups attached to an aromatic ring is 1. The molecule has 1 aromatic heterocycles. The molecule has 0 spiro atoms. The van der Waals surface area contributed by atoms with Crippen molar-refractivity contribution < 1.29 is 9.47 Å². The molecule has 0 aliphatic heterocycles. The van der Waals surface area contributed by atoms with Crippen molar-refractivity contribution in [2.75, 3.05) is 23.9 Å². The Kier molecular flexibility index (Phi) is 6.48. The molecule has 130 valence electrons. The first-order valence-electron chi connectivity index (χ1n) is 7.68. The van der Waals surface area contributed by atoms with E-state index >= 15 is 0 Å². The number of nitrogens with one attached hydrogen (secondary N) is 1. The molecule has 1 aromatic carbocycles. The van der Waals surface area contributed by atoms with Gasteiger partial charge in [-0.05, 0) is 51.3 Å². The summed E-state index contributed by atoms with van der Waals surface area (Å²) in [6.45, 7) is 6.43. The van der Waals surface area contributed by atoms with Gasteiger partial charge in [0.25, 0.3) is 0 Å². The monoisotopic (exact) mass is 349 g/mol. The van der Waals surface area contributed by atoms with Crippen LogP contribution in [0.4, 0.5) is 11.9 Å². The van der Waals surface area contributed by atoms with Crippen molar-refractivity contribution in [2.24, 2.45) is 0 Å². The van der Waals surface area contributed by atoms with E-state index in [1.54, 1.807) is 0 Å². The van der Waals surface area contributed by atoms with Crippen LogP contribution in [0.2, 0.25) is 0 Å². The zero-order chi connectivity index (χ0) is 17.5. The van der Waals surface area contributed by atoms with Crippen LogP contribution in [0.5, 0.6) is 11.5 Å². The second-order valence-corrected chi connectivity index (χ2v) is 6.27. The minimum Gasteiger partial charge on any atom is -0.491 e. The Balaban J connectivity index is 1.86. The van der Waals surface area contributed by atoms with E-state index in [0.717, 1.165) is 11.5 Å². The molecule has 0 aliphatic rings. The first-order chi connectivity index (χ1) is 11.5. The van der Waals surface area contributed by atoms with Gasteiger partial charge in [0.15, 0.2) is 5.16 Å². The highest BCUT2D eigenvalue weighted by Crippen LogP contribution is 2.19. The Morgan fingerprint density at radius 3 is 2.38 bits per heavy atom. The Hall–Kier alpha value is -2.22. The lowest BCUT2D eigenvalue weighted by molar-refractivity contribution is 0.241. The summed E-state index contributed by atoms with van der Waals surface area (Å²) >= 11 is 1.41. The van der Waals surface area contributed by atoms with Gasteiger partial charge in [-0.3, -0.25) is 0 Å². The van der Waals surface area contributed by atoms with Crippen LogP contribution in [0, 0.1) is 0 Å². The number of nitrogens with zero attached hydrogens (tertiary/aromatic N) is 3. The molecule has 0 aliphatic carbocycles. The zero-order valence-electron chi connectivity index (χ0n) is 14.3. The predicted octanol–water partition coefficient (Wildman–Crippen LogP) is 2.84. The third-order valence-corrected chi connectivity index (χ3v) is 3.43. The summed E-state index contributed by atoms with van der Waals surface area (Å²) in [4.78, 5) is 12.4. The molecule has 0 amide bonds. The minimum atomic E-state index is 0.00750. The van der Waals surface area contributed by atoms with Crippen molar-refractivity contribution in [1.82, 2.24) is 15.0 Å². The highest BCUT2D eigenvalue weighted by atomic mass is 32.2. The third kappa shape index (κ3) is 5.77. The van der Waals surface area contributed by atoms with Crippen molar-refractivity contribution in [3.8, 4) is 11.5 Å². The van der Waals surface area contributed by atoms with Gasteiger partial charge in [0.1, 0.15) is 18.1 Å². The van der Waals surface area contributed by atoms with Crippen molar-refractivity contribution in [2.45, 2.75) is 38.1 Å². The normalized spacial score (nSPS) is 12.0. The summed E-state index contributed by atoms with van der Waals surface area (Å²) in [6.07, 6.45) is 2.04. The number of anilines is 2. The molecular formula is C16H23N5O2S. The van der Waals surface area contributed by atoms with E-state index in [1.807, 2.05) is 51.3 Å². The van der Waals surface area contributed by atoms with Crippen LogP contribution < -0.4 is 20.5 Å². The van der Waals surface area contributed by atoms with Crippen molar-refractivity contribution in [1.29, 1.82) is 0 Å². The largest absolute Gasteiger partial charge is 0.491 e. The van der Waals surface area contributed by atoms with Gasteiger partial charge in [-0.1, -0.05) is 11.8 Å². The number of rotatable bonds is 8. The molecule has 8 heteroatoms. The quantitative estimate of drug-likeness (QED) is 0.703. The Bertz CT molecular complexity index is 651.